The molecule has 2 saturated heterocycles. The van der Waals surface area contributed by atoms with E-state index in [2.05, 4.69) is 30.6 Å². The number of hydrogen-bond acceptors (Lipinski definition) is 2. The maximum absolute atomic E-state index is 2.75. The lowest BCUT2D eigenvalue weighted by Gasteiger charge is -2.38. The van der Waals surface area contributed by atoms with Crippen LogP contribution in [-0.2, 0) is 0 Å². The smallest absolute Gasteiger partial charge is 0.0351 e. The second-order valence-electron chi connectivity index (χ2n) is 5.23. The highest BCUT2D eigenvalue weighted by Crippen LogP contribution is 2.38. The van der Waals surface area contributed by atoms with E-state index in [0.29, 0.717) is 5.54 Å². The molecule has 1 spiro atoms. The Hall–Kier alpha value is -0.0800. The summed E-state index contributed by atoms with van der Waals surface area (Å²) >= 11 is 0. The van der Waals surface area contributed by atoms with Crippen LogP contribution in [0.4, 0.5) is 0 Å². The van der Waals surface area contributed by atoms with Crippen LogP contribution in [0.25, 0.3) is 0 Å². The zero-order valence-corrected chi connectivity index (χ0v) is 11.9. The third-order valence-electron chi connectivity index (χ3n) is 4.13. The summed E-state index contributed by atoms with van der Waals surface area (Å²) in [4.78, 5) is 5.36. The van der Waals surface area contributed by atoms with Gasteiger partial charge < -0.3 is 4.90 Å². The fourth-order valence-corrected chi connectivity index (χ4v) is 3.41. The molecule has 0 aromatic heterocycles. The Bertz CT molecular complexity index is 203. The SMILES string of the molecule is CC.CCN1CCC2(CCCN2C(C)C)C1. The third-order valence-corrected chi connectivity index (χ3v) is 4.13. The minimum atomic E-state index is 0.560. The molecule has 0 aromatic carbocycles. The molecule has 2 heterocycles. The van der Waals surface area contributed by atoms with Gasteiger partial charge in [-0.3, -0.25) is 4.90 Å². The van der Waals surface area contributed by atoms with Crippen molar-refractivity contribution >= 4 is 0 Å². The molecular weight excluding hydrogens is 196 g/mol. The topological polar surface area (TPSA) is 6.48 Å². The molecule has 1 unspecified atom stereocenters. The molecule has 2 heteroatoms. The Morgan fingerprint density at radius 3 is 2.31 bits per heavy atom. The van der Waals surface area contributed by atoms with E-state index < -0.39 is 0 Å². The van der Waals surface area contributed by atoms with Gasteiger partial charge in [0.05, 0.1) is 0 Å². The summed E-state index contributed by atoms with van der Waals surface area (Å²) in [5, 5.41) is 0. The minimum absolute atomic E-state index is 0.560. The van der Waals surface area contributed by atoms with Gasteiger partial charge in [0.25, 0.3) is 0 Å². The van der Waals surface area contributed by atoms with Crippen LogP contribution in [0.5, 0.6) is 0 Å². The Kier molecular flexibility index (Phi) is 5.26. The zero-order valence-electron chi connectivity index (χ0n) is 11.9. The van der Waals surface area contributed by atoms with E-state index in [0.717, 1.165) is 6.04 Å². The van der Waals surface area contributed by atoms with Crippen LogP contribution in [-0.4, -0.2) is 47.6 Å². The highest BCUT2D eigenvalue weighted by atomic mass is 15.3. The van der Waals surface area contributed by atoms with Crippen LogP contribution in [0, 0.1) is 0 Å². The summed E-state index contributed by atoms with van der Waals surface area (Å²) in [7, 11) is 0. The highest BCUT2D eigenvalue weighted by Gasteiger charge is 2.46. The molecule has 96 valence electrons. The number of rotatable bonds is 2. The van der Waals surface area contributed by atoms with E-state index in [1.807, 2.05) is 13.8 Å². The predicted octanol–water partition coefficient (Wildman–Crippen LogP) is 2.98. The van der Waals surface area contributed by atoms with Gasteiger partial charge in [-0.1, -0.05) is 20.8 Å². The van der Waals surface area contributed by atoms with Gasteiger partial charge in [-0.05, 0) is 46.2 Å². The molecule has 0 N–H and O–H groups in total. The van der Waals surface area contributed by atoms with Crippen molar-refractivity contribution < 1.29 is 0 Å². The monoisotopic (exact) mass is 226 g/mol. The van der Waals surface area contributed by atoms with E-state index in [1.54, 1.807) is 0 Å². The molecule has 0 radical (unpaired) electrons. The van der Waals surface area contributed by atoms with Crippen LogP contribution in [0.1, 0.15) is 53.9 Å². The van der Waals surface area contributed by atoms with Gasteiger partial charge in [-0.15, -0.1) is 0 Å². The Morgan fingerprint density at radius 2 is 1.81 bits per heavy atom. The second-order valence-corrected chi connectivity index (χ2v) is 5.23. The molecule has 2 rings (SSSR count). The fraction of sp³-hybridized carbons (Fsp3) is 1.00. The van der Waals surface area contributed by atoms with Gasteiger partial charge in [0.1, 0.15) is 0 Å². The molecule has 0 bridgehead atoms. The first-order valence-electron chi connectivity index (χ1n) is 7.17. The van der Waals surface area contributed by atoms with Crippen LogP contribution in [0.15, 0.2) is 0 Å². The van der Waals surface area contributed by atoms with E-state index in [1.165, 1.54) is 45.4 Å². The Labute approximate surface area is 102 Å². The van der Waals surface area contributed by atoms with Gasteiger partial charge in [0.2, 0.25) is 0 Å². The average molecular weight is 226 g/mol. The zero-order chi connectivity index (χ0) is 12.2. The van der Waals surface area contributed by atoms with E-state index in [-0.39, 0.29) is 0 Å². The first-order valence-corrected chi connectivity index (χ1v) is 7.17. The normalized spacial score (nSPS) is 31.1. The van der Waals surface area contributed by atoms with Crippen LogP contribution < -0.4 is 0 Å². The lowest BCUT2D eigenvalue weighted by atomic mass is 9.94. The summed E-state index contributed by atoms with van der Waals surface area (Å²) in [6.07, 6.45) is 4.25. The first-order chi connectivity index (χ1) is 7.68. The van der Waals surface area contributed by atoms with Crippen molar-refractivity contribution in [2.75, 3.05) is 26.2 Å². The number of likely N-dealkylation sites (tertiary alicyclic amines) is 2. The van der Waals surface area contributed by atoms with Crippen molar-refractivity contribution in [1.82, 2.24) is 9.80 Å². The van der Waals surface area contributed by atoms with Gasteiger partial charge in [0.15, 0.2) is 0 Å². The molecule has 0 aromatic rings. The molecule has 2 fully saturated rings. The molecule has 0 aliphatic carbocycles. The summed E-state index contributed by atoms with van der Waals surface area (Å²) < 4.78 is 0. The molecule has 0 amide bonds. The largest absolute Gasteiger partial charge is 0.302 e. The molecular formula is C14H30N2. The summed E-state index contributed by atoms with van der Waals surface area (Å²) in [5.41, 5.74) is 0.560. The van der Waals surface area contributed by atoms with Crippen LogP contribution >= 0.6 is 0 Å². The highest BCUT2D eigenvalue weighted by molar-refractivity contribution is 5.03. The molecule has 0 saturated carbocycles. The molecule has 1 atom stereocenters. The van der Waals surface area contributed by atoms with Crippen molar-refractivity contribution in [3.8, 4) is 0 Å². The van der Waals surface area contributed by atoms with Crippen LogP contribution in [0.2, 0.25) is 0 Å². The third kappa shape index (κ3) is 2.60. The molecule has 16 heavy (non-hydrogen) atoms. The quantitative estimate of drug-likeness (QED) is 0.714. The maximum atomic E-state index is 2.75. The van der Waals surface area contributed by atoms with Crippen molar-refractivity contribution in [2.24, 2.45) is 0 Å². The predicted molar refractivity (Wildman–Crippen MR) is 71.9 cm³/mol. The van der Waals surface area contributed by atoms with E-state index in [9.17, 15) is 0 Å². The molecule has 2 aliphatic heterocycles. The van der Waals surface area contributed by atoms with Gasteiger partial charge >= 0.3 is 0 Å². The molecule has 2 aliphatic rings. The standard InChI is InChI=1S/C12H24N2.C2H6/c1-4-13-9-7-12(10-13)6-5-8-14(12)11(2)3;1-2/h11H,4-10H2,1-3H3;1-2H3. The van der Waals surface area contributed by atoms with E-state index >= 15 is 0 Å². The Morgan fingerprint density at radius 1 is 1.12 bits per heavy atom. The lowest BCUT2D eigenvalue weighted by Crippen LogP contribution is -2.49. The first kappa shape index (κ1) is 14.0. The van der Waals surface area contributed by atoms with Gasteiger partial charge in [-0.2, -0.15) is 0 Å². The maximum Gasteiger partial charge on any atom is 0.0351 e. The Balaban J connectivity index is 0.000000606. The van der Waals surface area contributed by atoms with E-state index in [4.69, 9.17) is 0 Å². The van der Waals surface area contributed by atoms with Crippen molar-refractivity contribution in [1.29, 1.82) is 0 Å². The number of likely N-dealkylation sites (N-methyl/N-ethyl adjacent to an activating group) is 1. The fourth-order valence-electron chi connectivity index (χ4n) is 3.41. The summed E-state index contributed by atoms with van der Waals surface area (Å²) in [6.45, 7) is 16.2. The number of hydrogen-bond donors (Lipinski definition) is 0. The average Bonchev–Trinajstić information content (AvgIpc) is 2.89. The number of nitrogens with zero attached hydrogens (tertiary/aromatic N) is 2. The van der Waals surface area contributed by atoms with Gasteiger partial charge in [-0.25, -0.2) is 0 Å². The van der Waals surface area contributed by atoms with Gasteiger partial charge in [0, 0.05) is 24.7 Å². The van der Waals surface area contributed by atoms with Crippen LogP contribution in [0.3, 0.4) is 0 Å². The summed E-state index contributed by atoms with van der Waals surface area (Å²) in [5.74, 6) is 0. The lowest BCUT2D eigenvalue weighted by molar-refractivity contribution is 0.107. The van der Waals surface area contributed by atoms with Crippen molar-refractivity contribution in [2.45, 2.75) is 65.5 Å². The minimum Gasteiger partial charge on any atom is -0.302 e. The molecule has 2 nitrogen and oxygen atoms in total. The summed E-state index contributed by atoms with van der Waals surface area (Å²) in [6, 6.07) is 0.731. The second kappa shape index (κ2) is 6.02. The van der Waals surface area contributed by atoms with Crippen molar-refractivity contribution in [3.63, 3.8) is 0 Å². The van der Waals surface area contributed by atoms with Crippen molar-refractivity contribution in [3.05, 3.63) is 0 Å².